The highest BCUT2D eigenvalue weighted by Crippen LogP contribution is 2.27. The van der Waals surface area contributed by atoms with Crippen molar-refractivity contribution in [1.29, 1.82) is 0 Å². The van der Waals surface area contributed by atoms with E-state index in [0.29, 0.717) is 5.69 Å². The molecule has 1 aromatic heterocycles. The summed E-state index contributed by atoms with van der Waals surface area (Å²) in [6.07, 6.45) is -3.18. The molecule has 1 aliphatic rings. The molecular formula is C23H31NO9S. The molecule has 0 saturated heterocycles. The van der Waals surface area contributed by atoms with Gasteiger partial charge in [-0.1, -0.05) is 5.57 Å². The molecule has 1 heterocycles. The number of aromatic nitrogens is 1. The molecule has 0 bridgehead atoms. The molecule has 4 atom stereocenters. The zero-order valence-corrected chi connectivity index (χ0v) is 19.8. The van der Waals surface area contributed by atoms with Crippen molar-refractivity contribution < 1.29 is 45.3 Å². The molecule has 2 rings (SSSR count). The summed E-state index contributed by atoms with van der Waals surface area (Å²) in [7, 11) is 0. The lowest BCUT2D eigenvalue weighted by atomic mass is 9.87. The number of nitrogens with zero attached hydrogens (tertiary/aromatic N) is 1. The van der Waals surface area contributed by atoms with E-state index in [-0.39, 0.29) is 31.4 Å². The van der Waals surface area contributed by atoms with Crippen molar-refractivity contribution >= 4 is 29.0 Å². The van der Waals surface area contributed by atoms with Crippen LogP contribution in [0.1, 0.15) is 49.7 Å². The van der Waals surface area contributed by atoms with Crippen molar-refractivity contribution in [2.24, 2.45) is 5.92 Å². The molecule has 0 unspecified atom stereocenters. The average Bonchev–Trinajstić information content (AvgIpc) is 3.18. The first-order valence-electron chi connectivity index (χ1n) is 10.7. The van der Waals surface area contributed by atoms with Gasteiger partial charge in [-0.25, -0.2) is 4.98 Å². The lowest BCUT2D eigenvalue weighted by Gasteiger charge is -2.29. The Morgan fingerprint density at radius 3 is 2.41 bits per heavy atom. The molecule has 34 heavy (non-hydrogen) atoms. The van der Waals surface area contributed by atoms with Crippen LogP contribution in [-0.4, -0.2) is 76.4 Å². The fourth-order valence-electron chi connectivity index (χ4n) is 3.50. The molecule has 7 N–H and O–H groups in total. The van der Waals surface area contributed by atoms with Gasteiger partial charge < -0.3 is 35.7 Å². The number of aliphatic hydroxyl groups is 7. The van der Waals surface area contributed by atoms with Crippen LogP contribution in [0, 0.1) is 12.8 Å². The lowest BCUT2D eigenvalue weighted by Crippen LogP contribution is -2.57. The molecule has 10 nitrogen and oxygen atoms in total. The van der Waals surface area contributed by atoms with Crippen LogP contribution < -0.4 is 0 Å². The third kappa shape index (κ3) is 7.29. The van der Waals surface area contributed by atoms with Gasteiger partial charge in [-0.2, -0.15) is 0 Å². The zero-order chi connectivity index (χ0) is 25.6. The summed E-state index contributed by atoms with van der Waals surface area (Å²) >= 11 is 1.46. The molecule has 1 aromatic rings. The largest absolute Gasteiger partial charge is 0.513 e. The summed E-state index contributed by atoms with van der Waals surface area (Å²) in [4.78, 5) is 29.3. The van der Waals surface area contributed by atoms with Crippen molar-refractivity contribution in [1.82, 2.24) is 4.98 Å². The Bertz CT molecular complexity index is 979. The second kappa shape index (κ2) is 11.8. The number of rotatable bonds is 2. The molecule has 0 amide bonds. The number of ketones is 2. The third-order valence-corrected chi connectivity index (χ3v) is 6.43. The van der Waals surface area contributed by atoms with Gasteiger partial charge in [0.05, 0.1) is 16.5 Å². The predicted octanol–water partition coefficient (Wildman–Crippen LogP) is 1.22. The standard InChI is InChI=1S/C23H31NO9S/c1-12(8-15-11-34-13(2)24-15)14-6-7-16(25)4-3-5-18(27)20(29)21(30)22(31)23(32,33)19(28)10-17(26)9-14/h5,7-8,11,14,19-21,25,27-30,32-33H,3-4,6,9-10H2,1-2H3/b12-8-,16-7+,18-5-/t14-,19-,20+,21+/m0/s1. The normalized spacial score (nSPS) is 31.4. The number of hydrogen-bond donors (Lipinski definition) is 7. The van der Waals surface area contributed by atoms with Crippen molar-refractivity contribution in [3.05, 3.63) is 45.3 Å². The van der Waals surface area contributed by atoms with E-state index in [1.807, 2.05) is 12.3 Å². The number of aryl methyl sites for hydroxylation is 1. The summed E-state index contributed by atoms with van der Waals surface area (Å²) in [5.74, 6) is -7.18. The Hall–Kier alpha value is -2.41. The Balaban J connectivity index is 2.37. The van der Waals surface area contributed by atoms with Crippen LogP contribution in [0.5, 0.6) is 0 Å². The topological polar surface area (TPSA) is 189 Å². The highest BCUT2D eigenvalue weighted by molar-refractivity contribution is 7.09. The monoisotopic (exact) mass is 497 g/mol. The summed E-state index contributed by atoms with van der Waals surface area (Å²) < 4.78 is 0. The molecule has 0 spiro atoms. The van der Waals surface area contributed by atoms with Crippen LogP contribution in [0.25, 0.3) is 6.08 Å². The second-order valence-corrected chi connectivity index (χ2v) is 9.48. The van der Waals surface area contributed by atoms with Gasteiger partial charge in [-0.3, -0.25) is 9.59 Å². The van der Waals surface area contributed by atoms with Crippen LogP contribution in [0.2, 0.25) is 0 Å². The van der Waals surface area contributed by atoms with E-state index in [2.05, 4.69) is 4.98 Å². The van der Waals surface area contributed by atoms with E-state index in [1.54, 1.807) is 13.0 Å². The molecule has 188 valence electrons. The highest BCUT2D eigenvalue weighted by atomic mass is 32.1. The minimum absolute atomic E-state index is 0.0261. The summed E-state index contributed by atoms with van der Waals surface area (Å²) in [6.45, 7) is 3.64. The van der Waals surface area contributed by atoms with E-state index in [0.717, 1.165) is 16.7 Å². The van der Waals surface area contributed by atoms with E-state index in [1.165, 1.54) is 17.4 Å². The van der Waals surface area contributed by atoms with Gasteiger partial charge in [0.15, 0.2) is 6.10 Å². The van der Waals surface area contributed by atoms with Crippen molar-refractivity contribution in [2.45, 2.75) is 70.1 Å². The maximum Gasteiger partial charge on any atom is 0.254 e. The molecule has 0 radical (unpaired) electrons. The third-order valence-electron chi connectivity index (χ3n) is 5.64. The Kier molecular flexibility index (Phi) is 9.68. The van der Waals surface area contributed by atoms with Gasteiger partial charge >= 0.3 is 0 Å². The number of carbonyl (C=O) groups excluding carboxylic acids is 2. The van der Waals surface area contributed by atoms with Gasteiger partial charge in [0.25, 0.3) is 5.79 Å². The zero-order valence-electron chi connectivity index (χ0n) is 19.0. The quantitative estimate of drug-likeness (QED) is 0.293. The summed E-state index contributed by atoms with van der Waals surface area (Å²) in [5, 5.41) is 73.1. The molecule has 1 aliphatic carbocycles. The predicted molar refractivity (Wildman–Crippen MR) is 124 cm³/mol. The van der Waals surface area contributed by atoms with Crippen LogP contribution in [0.3, 0.4) is 0 Å². The summed E-state index contributed by atoms with van der Waals surface area (Å²) in [6, 6.07) is 0. The van der Waals surface area contributed by atoms with Gasteiger partial charge in [0, 0.05) is 24.6 Å². The van der Waals surface area contributed by atoms with Crippen molar-refractivity contribution in [3.63, 3.8) is 0 Å². The maximum absolute atomic E-state index is 12.7. The van der Waals surface area contributed by atoms with E-state index < -0.39 is 53.8 Å². The number of hydrogen-bond acceptors (Lipinski definition) is 11. The van der Waals surface area contributed by atoms with Gasteiger partial charge in [0.2, 0.25) is 5.78 Å². The average molecular weight is 498 g/mol. The lowest BCUT2D eigenvalue weighted by molar-refractivity contribution is -0.228. The Morgan fingerprint density at radius 1 is 1.12 bits per heavy atom. The smallest absolute Gasteiger partial charge is 0.254 e. The fourth-order valence-corrected chi connectivity index (χ4v) is 4.07. The van der Waals surface area contributed by atoms with E-state index in [9.17, 15) is 45.3 Å². The van der Waals surface area contributed by atoms with Crippen LogP contribution in [0.4, 0.5) is 0 Å². The van der Waals surface area contributed by atoms with Crippen molar-refractivity contribution in [2.75, 3.05) is 0 Å². The molecular weight excluding hydrogens is 466 g/mol. The molecule has 0 saturated carbocycles. The number of allylic oxidation sites excluding steroid dienone is 4. The number of carbonyl (C=O) groups is 2. The Labute approximate surface area is 200 Å². The SMILES string of the molecule is C/C(=C/c1csc(C)n1)[C@H]1C/C=C(/O)CC/C=C(\O)[C@@H](O)[C@@H](O)C(=O)C(O)(O)[C@@H](O)CC(=O)C1. The van der Waals surface area contributed by atoms with Crippen molar-refractivity contribution in [3.8, 4) is 0 Å². The Morgan fingerprint density at radius 2 is 1.79 bits per heavy atom. The molecule has 0 fully saturated rings. The molecule has 0 aromatic carbocycles. The summed E-state index contributed by atoms with van der Waals surface area (Å²) in [5.41, 5.74) is 1.47. The van der Waals surface area contributed by atoms with Crippen LogP contribution >= 0.6 is 11.3 Å². The molecule has 11 heteroatoms. The fraction of sp³-hybridized carbons (Fsp3) is 0.522. The molecule has 0 aliphatic heterocycles. The highest BCUT2D eigenvalue weighted by Gasteiger charge is 2.47. The first-order valence-corrected chi connectivity index (χ1v) is 11.6. The van der Waals surface area contributed by atoms with E-state index >= 15 is 0 Å². The first kappa shape index (κ1) is 27.8. The number of aliphatic hydroxyl groups excluding tert-OH is 5. The van der Waals surface area contributed by atoms with E-state index in [4.69, 9.17) is 0 Å². The maximum atomic E-state index is 12.7. The number of thiazole rings is 1. The van der Waals surface area contributed by atoms with Gasteiger partial charge in [0.1, 0.15) is 23.8 Å². The number of Topliss-reactive ketones (excluding diaryl/α,β-unsaturated/α-hetero) is 2. The van der Waals surface area contributed by atoms with Crippen LogP contribution in [-0.2, 0) is 9.59 Å². The minimum Gasteiger partial charge on any atom is -0.513 e. The van der Waals surface area contributed by atoms with Crippen LogP contribution in [0.15, 0.2) is 34.6 Å². The second-order valence-electron chi connectivity index (χ2n) is 8.42. The minimum atomic E-state index is -3.54. The van der Waals surface area contributed by atoms with Gasteiger partial charge in [-0.05, 0) is 50.8 Å². The first-order chi connectivity index (χ1) is 15.8. The van der Waals surface area contributed by atoms with Gasteiger partial charge in [-0.15, -0.1) is 11.3 Å².